The van der Waals surface area contributed by atoms with Crippen molar-refractivity contribution >= 4 is 14.6 Å². The maximum absolute atomic E-state index is 9.00. The molecule has 0 saturated carbocycles. The van der Waals surface area contributed by atoms with E-state index in [0.717, 1.165) is 0 Å². The fourth-order valence-electron chi connectivity index (χ4n) is 1.76. The summed E-state index contributed by atoms with van der Waals surface area (Å²) < 4.78 is 17.5. The molecule has 3 aromatic carbocycles. The minimum Gasteiger partial charge on any atom is -0.409 e. The molecule has 134 valence electrons. The van der Waals surface area contributed by atoms with Crippen LogP contribution in [0.25, 0.3) is 0 Å². The lowest BCUT2D eigenvalue weighted by Gasteiger charge is -2.17. The normalized spacial score (nSPS) is 9.58. The van der Waals surface area contributed by atoms with Gasteiger partial charge in [0.15, 0.2) is 0 Å². The number of urea groups is 1. The van der Waals surface area contributed by atoms with E-state index in [9.17, 15) is 0 Å². The predicted octanol–water partition coefficient (Wildman–Crippen LogP) is 4.47. The molecule has 0 atom stereocenters. The van der Waals surface area contributed by atoms with Crippen LogP contribution in [-0.4, -0.2) is 6.03 Å². The third-order valence-electron chi connectivity index (χ3n) is 2.77. The lowest BCUT2D eigenvalue weighted by molar-refractivity contribution is 0.256. The van der Waals surface area contributed by atoms with Crippen LogP contribution in [0.3, 0.4) is 0 Å². The molecule has 2 amide bonds. The summed E-state index contributed by atoms with van der Waals surface area (Å²) in [6, 6.07) is 27.7. The zero-order valence-electron chi connectivity index (χ0n) is 13.9. The third kappa shape index (κ3) is 7.55. The van der Waals surface area contributed by atoms with Crippen molar-refractivity contribution in [1.29, 1.82) is 0 Å². The molecule has 0 fully saturated rings. The van der Waals surface area contributed by atoms with E-state index in [1.165, 1.54) is 0 Å². The van der Waals surface area contributed by atoms with Crippen molar-refractivity contribution in [3.8, 4) is 17.2 Å². The first-order chi connectivity index (χ1) is 12.6. The van der Waals surface area contributed by atoms with Crippen molar-refractivity contribution in [1.82, 2.24) is 0 Å². The highest BCUT2D eigenvalue weighted by Crippen LogP contribution is 2.41. The van der Waals surface area contributed by atoms with Crippen LogP contribution in [0.5, 0.6) is 17.2 Å². The van der Waals surface area contributed by atoms with E-state index < -0.39 is 14.6 Å². The lowest BCUT2D eigenvalue weighted by atomic mass is 10.3. The highest BCUT2D eigenvalue weighted by molar-refractivity contribution is 7.43. The number of rotatable bonds is 6. The van der Waals surface area contributed by atoms with Crippen molar-refractivity contribution in [3.63, 3.8) is 0 Å². The van der Waals surface area contributed by atoms with Crippen LogP contribution in [0, 0.1) is 0 Å². The van der Waals surface area contributed by atoms with Gasteiger partial charge in [-0.15, -0.1) is 0 Å². The highest BCUT2D eigenvalue weighted by Gasteiger charge is 2.19. The molecule has 26 heavy (non-hydrogen) atoms. The fraction of sp³-hybridized carbons (Fsp3) is 0. The number of primary amides is 2. The molecule has 0 aromatic heterocycles. The Bertz CT molecular complexity index is 671. The molecule has 0 heterocycles. The molecule has 0 radical (unpaired) electrons. The number of amides is 2. The average Bonchev–Trinajstić information content (AvgIpc) is 2.64. The molecular formula is C19H19N2O4P. The van der Waals surface area contributed by atoms with Crippen LogP contribution >= 0.6 is 8.60 Å². The standard InChI is InChI=1S/C18H15O3P.CH4N2O/c1-4-10-16(11-5-1)19-22(20-17-12-6-2-7-13-17)21-18-14-8-3-9-15-18;2-1(3)4/h1-15H;(H4,2,3,4). The van der Waals surface area contributed by atoms with Crippen LogP contribution in [0.4, 0.5) is 4.79 Å². The molecule has 4 N–H and O–H groups in total. The Morgan fingerprint density at radius 1 is 0.577 bits per heavy atom. The second kappa shape index (κ2) is 10.6. The van der Waals surface area contributed by atoms with Gasteiger partial charge in [0, 0.05) is 0 Å². The second-order valence-corrected chi connectivity index (χ2v) is 5.83. The van der Waals surface area contributed by atoms with E-state index >= 15 is 0 Å². The Kier molecular flexibility index (Phi) is 7.77. The summed E-state index contributed by atoms with van der Waals surface area (Å²) in [5, 5.41) is 0. The van der Waals surface area contributed by atoms with E-state index in [-0.39, 0.29) is 0 Å². The van der Waals surface area contributed by atoms with Crippen LogP contribution in [0.1, 0.15) is 0 Å². The van der Waals surface area contributed by atoms with Gasteiger partial charge in [-0.3, -0.25) is 0 Å². The summed E-state index contributed by atoms with van der Waals surface area (Å²) in [5.41, 5.74) is 8.50. The van der Waals surface area contributed by atoms with E-state index in [1.54, 1.807) is 0 Å². The first-order valence-electron chi connectivity index (χ1n) is 7.67. The highest BCUT2D eigenvalue weighted by atomic mass is 31.2. The second-order valence-electron chi connectivity index (χ2n) is 4.84. The zero-order chi connectivity index (χ0) is 18.6. The molecule has 3 rings (SSSR count). The SMILES string of the molecule is NC(N)=O.c1ccc(OP(Oc2ccccc2)Oc2ccccc2)cc1. The maximum Gasteiger partial charge on any atom is 0.530 e. The van der Waals surface area contributed by atoms with E-state index in [1.807, 2.05) is 91.0 Å². The van der Waals surface area contributed by atoms with Crippen LogP contribution in [0.15, 0.2) is 91.0 Å². The number of carbonyl (C=O) groups is 1. The predicted molar refractivity (Wildman–Crippen MR) is 102 cm³/mol. The van der Waals surface area contributed by atoms with Gasteiger partial charge in [0.2, 0.25) is 0 Å². The summed E-state index contributed by atoms with van der Waals surface area (Å²) in [4.78, 5) is 9.00. The van der Waals surface area contributed by atoms with Crippen molar-refractivity contribution in [2.75, 3.05) is 0 Å². The molecular weight excluding hydrogens is 351 g/mol. The molecule has 0 saturated heterocycles. The smallest absolute Gasteiger partial charge is 0.409 e. The Morgan fingerprint density at radius 2 is 0.808 bits per heavy atom. The first-order valence-corrected chi connectivity index (χ1v) is 8.77. The summed E-state index contributed by atoms with van der Waals surface area (Å²) in [7, 11) is -1.59. The van der Waals surface area contributed by atoms with Gasteiger partial charge in [-0.05, 0) is 36.4 Å². The van der Waals surface area contributed by atoms with Gasteiger partial charge in [0.1, 0.15) is 17.2 Å². The number of hydrogen-bond donors (Lipinski definition) is 2. The van der Waals surface area contributed by atoms with Gasteiger partial charge in [0.05, 0.1) is 0 Å². The summed E-state index contributed by atoms with van der Waals surface area (Å²) in [6.07, 6.45) is 0. The van der Waals surface area contributed by atoms with Gasteiger partial charge >= 0.3 is 14.6 Å². The quantitative estimate of drug-likeness (QED) is 0.626. The van der Waals surface area contributed by atoms with Crippen LogP contribution < -0.4 is 25.0 Å². The van der Waals surface area contributed by atoms with Crippen molar-refractivity contribution in [2.24, 2.45) is 11.5 Å². The monoisotopic (exact) mass is 370 g/mol. The van der Waals surface area contributed by atoms with Gasteiger partial charge in [-0.1, -0.05) is 54.6 Å². The lowest BCUT2D eigenvalue weighted by Crippen LogP contribution is -2.18. The number of para-hydroxylation sites is 3. The molecule has 0 spiro atoms. The van der Waals surface area contributed by atoms with Gasteiger partial charge < -0.3 is 25.0 Å². The van der Waals surface area contributed by atoms with Crippen molar-refractivity contribution in [2.45, 2.75) is 0 Å². The Hall–Kier alpha value is -3.24. The first kappa shape index (κ1) is 19.1. The molecule has 0 aliphatic rings. The zero-order valence-corrected chi connectivity index (χ0v) is 14.8. The minimum atomic E-state index is -1.59. The van der Waals surface area contributed by atoms with Crippen LogP contribution in [-0.2, 0) is 0 Å². The summed E-state index contributed by atoms with van der Waals surface area (Å²) in [6.45, 7) is 0. The fourth-order valence-corrected chi connectivity index (χ4v) is 2.75. The Morgan fingerprint density at radius 3 is 1.04 bits per heavy atom. The number of carbonyl (C=O) groups excluding carboxylic acids is 1. The van der Waals surface area contributed by atoms with E-state index in [0.29, 0.717) is 17.2 Å². The summed E-state index contributed by atoms with van der Waals surface area (Å²) >= 11 is 0. The molecule has 0 aliphatic heterocycles. The van der Waals surface area contributed by atoms with E-state index in [2.05, 4.69) is 11.5 Å². The minimum absolute atomic E-state index is 0.709. The molecule has 6 nitrogen and oxygen atoms in total. The molecule has 3 aromatic rings. The molecule has 0 bridgehead atoms. The maximum atomic E-state index is 9.00. The third-order valence-corrected chi connectivity index (χ3v) is 3.85. The van der Waals surface area contributed by atoms with E-state index in [4.69, 9.17) is 18.4 Å². The van der Waals surface area contributed by atoms with Gasteiger partial charge in [-0.2, -0.15) is 0 Å². The Balaban J connectivity index is 0.000000552. The van der Waals surface area contributed by atoms with Gasteiger partial charge in [-0.25, -0.2) is 4.79 Å². The number of hydrogen-bond acceptors (Lipinski definition) is 4. The molecule has 0 unspecified atom stereocenters. The number of nitrogens with two attached hydrogens (primary N) is 2. The summed E-state index contributed by atoms with van der Waals surface area (Å²) in [5.74, 6) is 2.13. The van der Waals surface area contributed by atoms with Crippen LogP contribution in [0.2, 0.25) is 0 Å². The molecule has 7 heteroatoms. The number of benzene rings is 3. The topological polar surface area (TPSA) is 96.8 Å². The van der Waals surface area contributed by atoms with Gasteiger partial charge in [0.25, 0.3) is 0 Å². The van der Waals surface area contributed by atoms with Crippen molar-refractivity contribution < 1.29 is 18.4 Å². The van der Waals surface area contributed by atoms with Crippen molar-refractivity contribution in [3.05, 3.63) is 91.0 Å². The average molecular weight is 370 g/mol. The largest absolute Gasteiger partial charge is 0.530 e. The Labute approximate surface area is 153 Å². The molecule has 0 aliphatic carbocycles.